The third-order valence-electron chi connectivity index (χ3n) is 2.83. The summed E-state index contributed by atoms with van der Waals surface area (Å²) in [4.78, 5) is 20.0. The molecule has 19 heavy (non-hydrogen) atoms. The lowest BCUT2D eigenvalue weighted by molar-refractivity contribution is 0.0866. The van der Waals surface area contributed by atoms with Crippen LogP contribution >= 0.6 is 11.6 Å². The van der Waals surface area contributed by atoms with Crippen molar-refractivity contribution in [2.24, 2.45) is 0 Å². The zero-order chi connectivity index (χ0) is 13.8. The second-order valence-electron chi connectivity index (χ2n) is 4.10. The third-order valence-corrected chi connectivity index (χ3v) is 3.03. The molecule has 0 spiro atoms. The Hall–Kier alpha value is -1.76. The number of likely N-dealkylation sites (tertiary alicyclic amines) is 1. The number of rotatable bonds is 3. The first-order valence-electron chi connectivity index (χ1n) is 5.81. The van der Waals surface area contributed by atoms with Crippen molar-refractivity contribution in [2.45, 2.75) is 18.9 Å². The maximum Gasteiger partial charge on any atom is 0.407 e. The van der Waals surface area contributed by atoms with E-state index in [0.717, 1.165) is 0 Å². The van der Waals surface area contributed by atoms with Gasteiger partial charge in [-0.3, -0.25) is 0 Å². The molecule has 0 radical (unpaired) electrons. The van der Waals surface area contributed by atoms with E-state index in [9.17, 15) is 4.79 Å². The lowest BCUT2D eigenvalue weighted by atomic mass is 10.1. The first-order chi connectivity index (χ1) is 9.08. The molecule has 104 valence electrons. The van der Waals surface area contributed by atoms with Crippen LogP contribution in [0.25, 0.3) is 0 Å². The van der Waals surface area contributed by atoms with Gasteiger partial charge in [-0.1, -0.05) is 11.6 Å². The highest BCUT2D eigenvalue weighted by Crippen LogP contribution is 2.21. The van der Waals surface area contributed by atoms with Gasteiger partial charge >= 0.3 is 12.1 Å². The number of carboxylic acid groups (broad SMARTS) is 1. The van der Waals surface area contributed by atoms with E-state index in [1.807, 2.05) is 0 Å². The van der Waals surface area contributed by atoms with Crippen molar-refractivity contribution in [1.29, 1.82) is 0 Å². The van der Waals surface area contributed by atoms with Crippen molar-refractivity contribution < 1.29 is 19.4 Å². The minimum Gasteiger partial charge on any atom is -0.474 e. The summed E-state index contributed by atoms with van der Waals surface area (Å²) in [6, 6.07) is 1.65. The van der Waals surface area contributed by atoms with Gasteiger partial charge in [-0.05, 0) is 0 Å². The third kappa shape index (κ3) is 3.60. The van der Waals surface area contributed by atoms with Gasteiger partial charge in [-0.15, -0.1) is 0 Å². The van der Waals surface area contributed by atoms with E-state index in [-0.39, 0.29) is 17.3 Å². The van der Waals surface area contributed by atoms with Crippen LogP contribution in [0, 0.1) is 0 Å². The summed E-state index contributed by atoms with van der Waals surface area (Å²) in [5, 5.41) is 9.09. The minimum absolute atomic E-state index is 0.0775. The molecule has 1 saturated heterocycles. The molecule has 0 saturated carbocycles. The molecule has 1 aromatic heterocycles. The Morgan fingerprint density at radius 2 is 2.16 bits per heavy atom. The topological polar surface area (TPSA) is 84.8 Å². The van der Waals surface area contributed by atoms with Crippen molar-refractivity contribution in [3.8, 4) is 11.9 Å². The molecule has 2 heterocycles. The zero-order valence-corrected chi connectivity index (χ0v) is 11.1. The summed E-state index contributed by atoms with van der Waals surface area (Å²) in [5.74, 6) is 0.339. The largest absolute Gasteiger partial charge is 0.474 e. The lowest BCUT2D eigenvalue weighted by Crippen LogP contribution is -2.41. The number of nitrogens with zero attached hydrogens (tertiary/aromatic N) is 3. The highest BCUT2D eigenvalue weighted by molar-refractivity contribution is 6.29. The standard InChI is InChI=1S/C11H14ClN3O4/c1-18-10-13-8(12)6-9(14-10)19-7-2-4-15(5-3-7)11(16)17/h6-7H,2-5H2,1H3,(H,16,17). The maximum atomic E-state index is 10.8. The van der Waals surface area contributed by atoms with E-state index >= 15 is 0 Å². The van der Waals surface area contributed by atoms with Gasteiger partial charge in [0.1, 0.15) is 11.3 Å². The van der Waals surface area contributed by atoms with Crippen LogP contribution in [0.3, 0.4) is 0 Å². The Morgan fingerprint density at radius 1 is 1.47 bits per heavy atom. The summed E-state index contributed by atoms with van der Waals surface area (Å²) in [5.41, 5.74) is 0. The molecule has 1 amide bonds. The number of ether oxygens (including phenoxy) is 2. The summed E-state index contributed by atoms with van der Waals surface area (Å²) in [6.45, 7) is 0.909. The lowest BCUT2D eigenvalue weighted by Gasteiger charge is -2.29. The van der Waals surface area contributed by atoms with Gasteiger partial charge in [0.15, 0.2) is 0 Å². The Kier molecular flexibility index (Phi) is 4.26. The summed E-state index contributed by atoms with van der Waals surface area (Å²) in [6.07, 6.45) is 0.267. The van der Waals surface area contributed by atoms with E-state index in [4.69, 9.17) is 26.2 Å². The van der Waals surface area contributed by atoms with Gasteiger partial charge in [-0.2, -0.15) is 9.97 Å². The van der Waals surface area contributed by atoms with E-state index < -0.39 is 6.09 Å². The fourth-order valence-corrected chi connectivity index (χ4v) is 2.03. The molecule has 1 N–H and O–H groups in total. The summed E-state index contributed by atoms with van der Waals surface area (Å²) >= 11 is 5.81. The van der Waals surface area contributed by atoms with Crippen LogP contribution < -0.4 is 9.47 Å². The van der Waals surface area contributed by atoms with Crippen LogP contribution in [0.15, 0.2) is 6.07 Å². The first-order valence-corrected chi connectivity index (χ1v) is 6.19. The Morgan fingerprint density at radius 3 is 2.74 bits per heavy atom. The number of amides is 1. The quantitative estimate of drug-likeness (QED) is 0.851. The highest BCUT2D eigenvalue weighted by atomic mass is 35.5. The molecule has 2 rings (SSSR count). The van der Waals surface area contributed by atoms with Crippen LogP contribution in [0.1, 0.15) is 12.8 Å². The van der Waals surface area contributed by atoms with E-state index in [2.05, 4.69) is 9.97 Å². The molecule has 8 heteroatoms. The fourth-order valence-electron chi connectivity index (χ4n) is 1.86. The predicted molar refractivity (Wildman–Crippen MR) is 66.8 cm³/mol. The van der Waals surface area contributed by atoms with Gasteiger partial charge in [0.25, 0.3) is 0 Å². The van der Waals surface area contributed by atoms with Crippen LogP contribution in [0.5, 0.6) is 11.9 Å². The van der Waals surface area contributed by atoms with Crippen molar-refractivity contribution in [2.75, 3.05) is 20.2 Å². The van der Waals surface area contributed by atoms with Crippen LogP contribution in [-0.2, 0) is 0 Å². The van der Waals surface area contributed by atoms with Crippen LogP contribution in [0.2, 0.25) is 5.15 Å². The molecule has 1 aromatic rings. The minimum atomic E-state index is -0.898. The zero-order valence-electron chi connectivity index (χ0n) is 10.4. The number of methoxy groups -OCH3 is 1. The predicted octanol–water partition coefficient (Wildman–Crippen LogP) is 1.66. The Labute approximate surface area is 115 Å². The van der Waals surface area contributed by atoms with Gasteiger partial charge in [-0.25, -0.2) is 4.79 Å². The molecule has 7 nitrogen and oxygen atoms in total. The fraction of sp³-hybridized carbons (Fsp3) is 0.545. The second kappa shape index (κ2) is 5.92. The van der Waals surface area contributed by atoms with Crippen molar-refractivity contribution in [1.82, 2.24) is 14.9 Å². The number of hydrogen-bond acceptors (Lipinski definition) is 5. The van der Waals surface area contributed by atoms with Gasteiger partial charge in [0.05, 0.1) is 7.11 Å². The molecular weight excluding hydrogens is 274 g/mol. The number of halogens is 1. The normalized spacial score (nSPS) is 16.2. The number of carbonyl (C=O) groups is 1. The maximum absolute atomic E-state index is 10.8. The molecule has 0 bridgehead atoms. The van der Waals surface area contributed by atoms with Crippen molar-refractivity contribution in [3.05, 3.63) is 11.2 Å². The van der Waals surface area contributed by atoms with Crippen molar-refractivity contribution in [3.63, 3.8) is 0 Å². The monoisotopic (exact) mass is 287 g/mol. The summed E-state index contributed by atoms with van der Waals surface area (Å²) < 4.78 is 10.6. The van der Waals surface area contributed by atoms with E-state index in [0.29, 0.717) is 31.8 Å². The van der Waals surface area contributed by atoms with Crippen LogP contribution in [0.4, 0.5) is 4.79 Å². The van der Waals surface area contributed by atoms with Gasteiger partial charge in [0.2, 0.25) is 5.88 Å². The average molecular weight is 288 g/mol. The van der Waals surface area contributed by atoms with Gasteiger partial charge < -0.3 is 19.5 Å². The van der Waals surface area contributed by atoms with Crippen LogP contribution in [-0.4, -0.2) is 52.4 Å². The van der Waals surface area contributed by atoms with Crippen molar-refractivity contribution >= 4 is 17.7 Å². The molecule has 1 fully saturated rings. The molecule has 1 aliphatic rings. The molecule has 0 aliphatic carbocycles. The number of piperidine rings is 1. The van der Waals surface area contributed by atoms with E-state index in [1.54, 1.807) is 0 Å². The Balaban J connectivity index is 1.95. The molecular formula is C11H14ClN3O4. The highest BCUT2D eigenvalue weighted by Gasteiger charge is 2.24. The number of aromatic nitrogens is 2. The smallest absolute Gasteiger partial charge is 0.407 e. The number of hydrogen-bond donors (Lipinski definition) is 1. The van der Waals surface area contributed by atoms with E-state index in [1.165, 1.54) is 18.1 Å². The summed E-state index contributed by atoms with van der Waals surface area (Å²) in [7, 11) is 1.45. The molecule has 0 atom stereocenters. The molecule has 0 unspecified atom stereocenters. The molecule has 1 aliphatic heterocycles. The average Bonchev–Trinajstić information content (AvgIpc) is 2.38. The van der Waals surface area contributed by atoms with Gasteiger partial charge in [0, 0.05) is 32.0 Å². The molecule has 0 aromatic carbocycles. The SMILES string of the molecule is COc1nc(Cl)cc(OC2CCN(C(=O)O)CC2)n1. The first kappa shape index (κ1) is 13.7. The Bertz CT molecular complexity index is 463. The second-order valence-corrected chi connectivity index (χ2v) is 4.49.